The Bertz CT molecular complexity index is 467. The maximum Gasteiger partial charge on any atom is 0.323 e. The van der Waals surface area contributed by atoms with Crippen LogP contribution >= 0.6 is 11.8 Å². The molecule has 0 aliphatic rings. The van der Waals surface area contributed by atoms with E-state index in [-0.39, 0.29) is 5.25 Å². The van der Waals surface area contributed by atoms with Crippen molar-refractivity contribution in [2.75, 3.05) is 13.7 Å². The molecule has 118 valence electrons. The van der Waals surface area contributed by atoms with Gasteiger partial charge in [0.15, 0.2) is 0 Å². The van der Waals surface area contributed by atoms with Crippen LogP contribution in [0.5, 0.6) is 5.75 Å². The topological polar surface area (TPSA) is 58.6 Å². The van der Waals surface area contributed by atoms with E-state index in [2.05, 4.69) is 5.32 Å². The van der Waals surface area contributed by atoms with Gasteiger partial charge in [0.2, 0.25) is 0 Å². The summed E-state index contributed by atoms with van der Waals surface area (Å²) in [6, 6.07) is 7.80. The molecular weight excluding hydrogens is 286 g/mol. The molecule has 0 saturated heterocycles. The van der Waals surface area contributed by atoms with E-state index in [1.807, 2.05) is 38.1 Å². The molecule has 0 aromatic heterocycles. The number of nitrogens with one attached hydrogen (secondary N) is 1. The van der Waals surface area contributed by atoms with Crippen molar-refractivity contribution < 1.29 is 14.6 Å². The van der Waals surface area contributed by atoms with Crippen molar-refractivity contribution >= 4 is 17.7 Å². The molecule has 0 aliphatic heterocycles. The molecule has 21 heavy (non-hydrogen) atoms. The average Bonchev–Trinajstić information content (AvgIpc) is 2.45. The highest BCUT2D eigenvalue weighted by molar-refractivity contribution is 8.00. The normalized spacial score (nSPS) is 15.2. The molecule has 2 N–H and O–H groups in total. The van der Waals surface area contributed by atoms with Crippen LogP contribution in [0.3, 0.4) is 0 Å². The summed E-state index contributed by atoms with van der Waals surface area (Å²) in [6.45, 7) is 6.54. The lowest BCUT2D eigenvalue weighted by atomic mass is 9.96. The minimum Gasteiger partial charge on any atom is -0.496 e. The van der Waals surface area contributed by atoms with Gasteiger partial charge in [-0.15, -0.1) is 11.8 Å². The summed E-state index contributed by atoms with van der Waals surface area (Å²) < 4.78 is 5.34. The smallest absolute Gasteiger partial charge is 0.323 e. The van der Waals surface area contributed by atoms with E-state index in [0.29, 0.717) is 13.0 Å². The molecule has 0 radical (unpaired) electrons. The predicted octanol–water partition coefficient (Wildman–Crippen LogP) is 3.41. The SMILES string of the molecule is CCCNC(C)(CC(C)Sc1ccccc1OC)C(=O)O. The summed E-state index contributed by atoms with van der Waals surface area (Å²) in [6.07, 6.45) is 1.46. The molecule has 5 heteroatoms. The van der Waals surface area contributed by atoms with Crippen LogP contribution in [-0.2, 0) is 4.79 Å². The van der Waals surface area contributed by atoms with Crippen molar-refractivity contribution in [3.63, 3.8) is 0 Å². The molecule has 4 nitrogen and oxygen atoms in total. The van der Waals surface area contributed by atoms with Crippen LogP contribution < -0.4 is 10.1 Å². The number of hydrogen-bond acceptors (Lipinski definition) is 4. The summed E-state index contributed by atoms with van der Waals surface area (Å²) in [7, 11) is 1.65. The first-order valence-electron chi connectivity index (χ1n) is 7.21. The largest absolute Gasteiger partial charge is 0.496 e. The van der Waals surface area contributed by atoms with Gasteiger partial charge in [0.05, 0.1) is 7.11 Å². The lowest BCUT2D eigenvalue weighted by molar-refractivity contribution is -0.144. The minimum absolute atomic E-state index is 0.159. The highest BCUT2D eigenvalue weighted by Gasteiger charge is 2.34. The molecule has 1 aromatic rings. The summed E-state index contributed by atoms with van der Waals surface area (Å²) in [5, 5.41) is 12.8. The van der Waals surface area contributed by atoms with Crippen LogP contribution in [0.4, 0.5) is 0 Å². The number of carboxylic acids is 1. The second-order valence-corrected chi connectivity index (χ2v) is 6.83. The zero-order chi connectivity index (χ0) is 15.9. The monoisotopic (exact) mass is 311 g/mol. The maximum atomic E-state index is 11.5. The standard InChI is InChI=1S/C16H25NO3S/c1-5-10-17-16(3,15(18)19)11-12(2)21-14-9-7-6-8-13(14)20-4/h6-9,12,17H,5,10-11H2,1-4H3,(H,18,19). The molecule has 2 unspecified atom stereocenters. The molecule has 1 rings (SSSR count). The van der Waals surface area contributed by atoms with Crippen molar-refractivity contribution in [1.82, 2.24) is 5.32 Å². The number of carbonyl (C=O) groups is 1. The number of carboxylic acid groups (broad SMARTS) is 1. The number of hydrogen-bond donors (Lipinski definition) is 2. The number of thioether (sulfide) groups is 1. The van der Waals surface area contributed by atoms with Gasteiger partial charge in [0.1, 0.15) is 11.3 Å². The van der Waals surface area contributed by atoms with Gasteiger partial charge in [0.25, 0.3) is 0 Å². The zero-order valence-corrected chi connectivity index (χ0v) is 14.0. The Balaban J connectivity index is 2.74. The Kier molecular flexibility index (Phi) is 7.05. The van der Waals surface area contributed by atoms with Gasteiger partial charge in [-0.25, -0.2) is 0 Å². The number of aliphatic carboxylic acids is 1. The molecule has 0 bridgehead atoms. The van der Waals surface area contributed by atoms with Gasteiger partial charge in [-0.2, -0.15) is 0 Å². The van der Waals surface area contributed by atoms with Gasteiger partial charge >= 0.3 is 5.97 Å². The number of benzene rings is 1. The van der Waals surface area contributed by atoms with E-state index in [0.717, 1.165) is 17.1 Å². The summed E-state index contributed by atoms with van der Waals surface area (Å²) in [4.78, 5) is 12.6. The lowest BCUT2D eigenvalue weighted by Crippen LogP contribution is -2.51. The third-order valence-corrected chi connectivity index (χ3v) is 4.49. The molecule has 1 aromatic carbocycles. The summed E-state index contributed by atoms with van der Waals surface area (Å²) in [5.74, 6) is 0.0244. The quantitative estimate of drug-likeness (QED) is 0.684. The van der Waals surface area contributed by atoms with Crippen molar-refractivity contribution in [1.29, 1.82) is 0 Å². The fraction of sp³-hybridized carbons (Fsp3) is 0.562. The first-order valence-corrected chi connectivity index (χ1v) is 8.09. The molecule has 2 atom stereocenters. The molecule has 0 heterocycles. The van der Waals surface area contributed by atoms with Gasteiger partial charge < -0.3 is 15.2 Å². The molecular formula is C16H25NO3S. The van der Waals surface area contributed by atoms with Crippen LogP contribution in [0.2, 0.25) is 0 Å². The van der Waals surface area contributed by atoms with Crippen molar-refractivity contribution in [2.45, 2.75) is 49.3 Å². The van der Waals surface area contributed by atoms with Gasteiger partial charge in [-0.05, 0) is 38.4 Å². The van der Waals surface area contributed by atoms with Crippen LogP contribution in [0.15, 0.2) is 29.2 Å². The highest BCUT2D eigenvalue weighted by atomic mass is 32.2. The number of ether oxygens (including phenoxy) is 1. The third-order valence-electron chi connectivity index (χ3n) is 3.33. The van der Waals surface area contributed by atoms with Crippen LogP contribution in [0, 0.1) is 0 Å². The van der Waals surface area contributed by atoms with Crippen LogP contribution in [0.1, 0.15) is 33.6 Å². The second-order valence-electron chi connectivity index (χ2n) is 5.35. The van der Waals surface area contributed by atoms with Gasteiger partial charge in [-0.1, -0.05) is 26.0 Å². The molecule has 0 fully saturated rings. The van der Waals surface area contributed by atoms with E-state index in [4.69, 9.17) is 4.74 Å². The lowest BCUT2D eigenvalue weighted by Gasteiger charge is -2.29. The van der Waals surface area contributed by atoms with Crippen LogP contribution in [0.25, 0.3) is 0 Å². The molecule has 0 spiro atoms. The highest BCUT2D eigenvalue weighted by Crippen LogP contribution is 2.34. The first kappa shape index (κ1) is 17.9. The number of methoxy groups -OCH3 is 1. The van der Waals surface area contributed by atoms with Gasteiger partial charge in [0, 0.05) is 10.1 Å². The summed E-state index contributed by atoms with van der Waals surface area (Å²) >= 11 is 1.64. The Hall–Kier alpha value is -1.20. The minimum atomic E-state index is -0.898. The van der Waals surface area contributed by atoms with E-state index < -0.39 is 11.5 Å². The van der Waals surface area contributed by atoms with E-state index in [1.165, 1.54) is 0 Å². The van der Waals surface area contributed by atoms with Crippen molar-refractivity contribution in [2.24, 2.45) is 0 Å². The van der Waals surface area contributed by atoms with Gasteiger partial charge in [-0.3, -0.25) is 4.79 Å². The Morgan fingerprint density at radius 1 is 1.48 bits per heavy atom. The molecule has 0 amide bonds. The van der Waals surface area contributed by atoms with Crippen molar-refractivity contribution in [3.05, 3.63) is 24.3 Å². The number of rotatable bonds is 9. The van der Waals surface area contributed by atoms with E-state index in [9.17, 15) is 9.90 Å². The first-order chi connectivity index (χ1) is 9.92. The van der Waals surface area contributed by atoms with E-state index in [1.54, 1.807) is 25.8 Å². The fourth-order valence-electron chi connectivity index (χ4n) is 2.19. The predicted molar refractivity (Wildman–Crippen MR) is 87.3 cm³/mol. The molecule has 0 saturated carbocycles. The summed E-state index contributed by atoms with van der Waals surface area (Å²) in [5.41, 5.74) is -0.898. The zero-order valence-electron chi connectivity index (χ0n) is 13.2. The average molecular weight is 311 g/mol. The van der Waals surface area contributed by atoms with Crippen molar-refractivity contribution in [3.8, 4) is 5.75 Å². The number of para-hydroxylation sites is 1. The second kappa shape index (κ2) is 8.29. The maximum absolute atomic E-state index is 11.5. The van der Waals surface area contributed by atoms with Crippen LogP contribution in [-0.4, -0.2) is 35.5 Å². The van der Waals surface area contributed by atoms with E-state index >= 15 is 0 Å². The Morgan fingerprint density at radius 3 is 2.71 bits per heavy atom. The Labute approximate surface area is 131 Å². The molecule has 0 aliphatic carbocycles. The fourth-order valence-corrected chi connectivity index (χ4v) is 3.46. The third kappa shape index (κ3) is 5.25. The Morgan fingerprint density at radius 2 is 2.14 bits per heavy atom.